The summed E-state index contributed by atoms with van der Waals surface area (Å²) in [6, 6.07) is 15.7. The van der Waals surface area contributed by atoms with Crippen molar-refractivity contribution < 1.29 is 23.8 Å². The summed E-state index contributed by atoms with van der Waals surface area (Å²) in [5.41, 5.74) is 8.20. The number of oxazole rings is 1. The summed E-state index contributed by atoms with van der Waals surface area (Å²) in [5.74, 6) is 0.189. The number of hydrogen-bond acceptors (Lipinski definition) is 7. The lowest BCUT2D eigenvalue weighted by atomic mass is 10.1. The van der Waals surface area contributed by atoms with Crippen LogP contribution in [0.15, 0.2) is 65.3 Å². The lowest BCUT2D eigenvalue weighted by Crippen LogP contribution is -2.50. The molecule has 0 spiro atoms. The molecule has 1 saturated heterocycles. The van der Waals surface area contributed by atoms with Gasteiger partial charge in [0.05, 0.1) is 6.04 Å². The Balaban J connectivity index is 1.27. The number of aromatic nitrogens is 1. The first kappa shape index (κ1) is 22.3. The predicted octanol–water partition coefficient (Wildman–Crippen LogP) is 2.72. The maximum absolute atomic E-state index is 12.8. The Hall–Kier alpha value is -3.85. The van der Waals surface area contributed by atoms with Crippen molar-refractivity contribution in [3.63, 3.8) is 0 Å². The van der Waals surface area contributed by atoms with Gasteiger partial charge in [-0.25, -0.2) is 9.78 Å². The van der Waals surface area contributed by atoms with Crippen LogP contribution in [0.2, 0.25) is 0 Å². The largest absolute Gasteiger partial charge is 0.508 e. The second kappa shape index (κ2) is 10.2. The average molecular weight is 450 g/mol. The van der Waals surface area contributed by atoms with Gasteiger partial charge in [-0.2, -0.15) is 0 Å². The number of rotatable bonds is 6. The fourth-order valence-corrected chi connectivity index (χ4v) is 3.59. The van der Waals surface area contributed by atoms with Gasteiger partial charge in [-0.15, -0.1) is 0 Å². The SMILES string of the molecule is NC(Cc1ccc(O)cc1)c1nc(C(=O)N2CCN(C(=O)OCc3ccccc3)CC2)co1. The number of phenolic OH excluding ortho intramolecular Hbond substituents is 1. The van der Waals surface area contributed by atoms with Crippen LogP contribution in [0.5, 0.6) is 5.75 Å². The Morgan fingerprint density at radius 2 is 1.67 bits per heavy atom. The number of carbonyl (C=O) groups excluding carboxylic acids is 2. The molecular weight excluding hydrogens is 424 g/mol. The number of aromatic hydroxyl groups is 1. The molecule has 1 aromatic heterocycles. The normalized spacial score (nSPS) is 14.7. The predicted molar refractivity (Wildman–Crippen MR) is 119 cm³/mol. The summed E-state index contributed by atoms with van der Waals surface area (Å²) in [4.78, 5) is 32.6. The molecule has 0 bridgehead atoms. The molecule has 9 heteroatoms. The summed E-state index contributed by atoms with van der Waals surface area (Å²) in [6.07, 6.45) is 1.38. The highest BCUT2D eigenvalue weighted by Gasteiger charge is 2.28. The van der Waals surface area contributed by atoms with Crippen LogP contribution in [-0.4, -0.2) is 58.1 Å². The minimum Gasteiger partial charge on any atom is -0.508 e. The molecule has 172 valence electrons. The molecule has 3 N–H and O–H groups in total. The van der Waals surface area contributed by atoms with E-state index in [0.29, 0.717) is 32.6 Å². The standard InChI is InChI=1S/C24H26N4O5/c25-20(14-17-6-8-19(29)9-7-17)22-26-21(16-32-22)23(30)27-10-12-28(13-11-27)24(31)33-15-18-4-2-1-3-5-18/h1-9,16,20,29H,10-15,25H2. The van der Waals surface area contributed by atoms with Gasteiger partial charge in [0.25, 0.3) is 5.91 Å². The molecule has 1 unspecified atom stereocenters. The molecule has 1 fully saturated rings. The topological polar surface area (TPSA) is 122 Å². The molecule has 0 aliphatic carbocycles. The van der Waals surface area contributed by atoms with Gasteiger partial charge >= 0.3 is 6.09 Å². The first-order valence-electron chi connectivity index (χ1n) is 10.7. The van der Waals surface area contributed by atoms with Crippen molar-refractivity contribution in [1.29, 1.82) is 0 Å². The maximum atomic E-state index is 12.8. The second-order valence-corrected chi connectivity index (χ2v) is 7.87. The Bertz CT molecular complexity index is 1080. The maximum Gasteiger partial charge on any atom is 0.410 e. The Morgan fingerprint density at radius 3 is 2.36 bits per heavy atom. The van der Waals surface area contributed by atoms with E-state index in [1.807, 2.05) is 30.3 Å². The molecule has 1 aliphatic rings. The number of piperazine rings is 1. The van der Waals surface area contributed by atoms with Crippen LogP contribution in [0.1, 0.15) is 33.5 Å². The molecule has 4 rings (SSSR count). The van der Waals surface area contributed by atoms with Crippen LogP contribution >= 0.6 is 0 Å². The van der Waals surface area contributed by atoms with Crippen LogP contribution < -0.4 is 5.73 Å². The van der Waals surface area contributed by atoms with E-state index in [9.17, 15) is 14.7 Å². The number of nitrogens with two attached hydrogens (primary N) is 1. The van der Waals surface area contributed by atoms with Gasteiger partial charge in [0.2, 0.25) is 5.89 Å². The summed E-state index contributed by atoms with van der Waals surface area (Å²) in [7, 11) is 0. The number of nitrogens with zero attached hydrogens (tertiary/aromatic N) is 3. The summed E-state index contributed by atoms with van der Waals surface area (Å²) < 4.78 is 10.8. The lowest BCUT2D eigenvalue weighted by Gasteiger charge is -2.33. The van der Waals surface area contributed by atoms with Crippen LogP contribution in [0, 0.1) is 0 Å². The molecule has 2 aromatic carbocycles. The number of ether oxygens (including phenoxy) is 1. The lowest BCUT2D eigenvalue weighted by molar-refractivity contribution is 0.0539. The van der Waals surface area contributed by atoms with Crippen molar-refractivity contribution in [2.45, 2.75) is 19.1 Å². The van der Waals surface area contributed by atoms with Crippen LogP contribution in [0.3, 0.4) is 0 Å². The molecule has 1 atom stereocenters. The van der Waals surface area contributed by atoms with E-state index >= 15 is 0 Å². The van der Waals surface area contributed by atoms with Crippen molar-refractivity contribution in [1.82, 2.24) is 14.8 Å². The van der Waals surface area contributed by atoms with E-state index in [4.69, 9.17) is 14.9 Å². The van der Waals surface area contributed by atoms with Crippen molar-refractivity contribution in [3.05, 3.63) is 83.6 Å². The molecule has 0 radical (unpaired) electrons. The molecule has 2 heterocycles. The Morgan fingerprint density at radius 1 is 1.00 bits per heavy atom. The zero-order chi connectivity index (χ0) is 23.2. The fraction of sp³-hybridized carbons (Fsp3) is 0.292. The number of amides is 2. The zero-order valence-electron chi connectivity index (χ0n) is 18.1. The van der Waals surface area contributed by atoms with Crippen molar-refractivity contribution in [2.24, 2.45) is 5.73 Å². The van der Waals surface area contributed by atoms with Crippen molar-refractivity contribution >= 4 is 12.0 Å². The van der Waals surface area contributed by atoms with E-state index in [2.05, 4.69) is 4.98 Å². The van der Waals surface area contributed by atoms with Crippen molar-refractivity contribution in [3.8, 4) is 5.75 Å². The third-order valence-corrected chi connectivity index (χ3v) is 5.48. The Labute approximate surface area is 191 Å². The van der Waals surface area contributed by atoms with Gasteiger partial charge in [-0.1, -0.05) is 42.5 Å². The summed E-state index contributed by atoms with van der Waals surface area (Å²) in [6.45, 7) is 1.72. The molecule has 2 amide bonds. The fourth-order valence-electron chi connectivity index (χ4n) is 3.59. The van der Waals surface area contributed by atoms with E-state index in [1.54, 1.807) is 34.1 Å². The molecule has 0 saturated carbocycles. The van der Waals surface area contributed by atoms with Gasteiger partial charge < -0.3 is 29.8 Å². The van der Waals surface area contributed by atoms with E-state index in [1.165, 1.54) is 6.26 Å². The highest BCUT2D eigenvalue weighted by molar-refractivity contribution is 5.92. The summed E-state index contributed by atoms with van der Waals surface area (Å²) in [5, 5.41) is 9.38. The number of benzene rings is 2. The first-order chi connectivity index (χ1) is 16.0. The van der Waals surface area contributed by atoms with Gasteiger partial charge in [0.15, 0.2) is 5.69 Å². The molecule has 9 nitrogen and oxygen atoms in total. The highest BCUT2D eigenvalue weighted by Crippen LogP contribution is 2.19. The van der Waals surface area contributed by atoms with Crippen LogP contribution in [0.4, 0.5) is 4.79 Å². The van der Waals surface area contributed by atoms with Gasteiger partial charge in [0.1, 0.15) is 18.6 Å². The van der Waals surface area contributed by atoms with Gasteiger partial charge in [-0.05, 0) is 29.7 Å². The number of phenols is 1. The minimum atomic E-state index is -0.521. The van der Waals surface area contributed by atoms with E-state index in [-0.39, 0.29) is 29.8 Å². The Kier molecular flexibility index (Phi) is 6.89. The molecule has 33 heavy (non-hydrogen) atoms. The first-order valence-corrected chi connectivity index (χ1v) is 10.7. The third kappa shape index (κ3) is 5.69. The van der Waals surface area contributed by atoms with Crippen LogP contribution in [-0.2, 0) is 17.8 Å². The average Bonchev–Trinajstić information content (AvgIpc) is 3.35. The minimum absolute atomic E-state index is 0.181. The van der Waals surface area contributed by atoms with Gasteiger partial charge in [-0.3, -0.25) is 4.79 Å². The number of hydrogen-bond donors (Lipinski definition) is 2. The molecule has 3 aromatic rings. The van der Waals surface area contributed by atoms with Crippen LogP contribution in [0.25, 0.3) is 0 Å². The summed E-state index contributed by atoms with van der Waals surface area (Å²) >= 11 is 0. The molecular formula is C24H26N4O5. The monoisotopic (exact) mass is 450 g/mol. The van der Waals surface area contributed by atoms with Crippen molar-refractivity contribution in [2.75, 3.05) is 26.2 Å². The quantitative estimate of drug-likeness (QED) is 0.592. The third-order valence-electron chi connectivity index (χ3n) is 5.48. The second-order valence-electron chi connectivity index (χ2n) is 7.87. The highest BCUT2D eigenvalue weighted by atomic mass is 16.6. The van der Waals surface area contributed by atoms with Gasteiger partial charge in [0, 0.05) is 26.2 Å². The van der Waals surface area contributed by atoms with E-state index < -0.39 is 12.1 Å². The molecule has 1 aliphatic heterocycles. The smallest absolute Gasteiger partial charge is 0.410 e. The van der Waals surface area contributed by atoms with E-state index in [0.717, 1.165) is 11.1 Å². The number of carbonyl (C=O) groups is 2. The zero-order valence-corrected chi connectivity index (χ0v) is 18.1.